The third kappa shape index (κ3) is 2.92. The van der Waals surface area contributed by atoms with Crippen molar-refractivity contribution < 1.29 is 9.90 Å². The average molecular weight is 214 g/mol. The van der Waals surface area contributed by atoms with Gasteiger partial charge in [-0.25, -0.2) is 0 Å². The molecule has 0 aliphatic heterocycles. The first-order valence-electron chi connectivity index (χ1n) is 4.36. The fraction of sp³-hybridized carbons (Fsp3) is 0.300. The SMILES string of the molecule is Nc1cccc(Cl)c1CCCC(=O)O. The van der Waals surface area contributed by atoms with Gasteiger partial charge in [0, 0.05) is 17.1 Å². The topological polar surface area (TPSA) is 63.3 Å². The zero-order chi connectivity index (χ0) is 10.6. The van der Waals surface area contributed by atoms with Crippen LogP contribution in [-0.4, -0.2) is 11.1 Å². The lowest BCUT2D eigenvalue weighted by Crippen LogP contribution is -1.99. The van der Waals surface area contributed by atoms with Crippen molar-refractivity contribution in [3.8, 4) is 0 Å². The molecule has 1 aromatic carbocycles. The van der Waals surface area contributed by atoms with E-state index in [9.17, 15) is 4.79 Å². The molecule has 4 heteroatoms. The van der Waals surface area contributed by atoms with Crippen LogP contribution in [0.4, 0.5) is 5.69 Å². The molecule has 0 saturated heterocycles. The van der Waals surface area contributed by atoms with Crippen molar-refractivity contribution in [3.63, 3.8) is 0 Å². The number of hydrogen-bond donors (Lipinski definition) is 2. The zero-order valence-corrected chi connectivity index (χ0v) is 8.42. The van der Waals surface area contributed by atoms with E-state index in [1.165, 1.54) is 0 Å². The van der Waals surface area contributed by atoms with E-state index in [4.69, 9.17) is 22.4 Å². The fourth-order valence-electron chi connectivity index (χ4n) is 1.26. The first kappa shape index (κ1) is 10.9. The van der Waals surface area contributed by atoms with Crippen LogP contribution >= 0.6 is 11.6 Å². The molecule has 0 bridgehead atoms. The molecule has 0 amide bonds. The van der Waals surface area contributed by atoms with Crippen LogP contribution in [0.3, 0.4) is 0 Å². The van der Waals surface area contributed by atoms with Gasteiger partial charge in [-0.3, -0.25) is 4.79 Å². The van der Waals surface area contributed by atoms with Gasteiger partial charge in [-0.2, -0.15) is 0 Å². The smallest absolute Gasteiger partial charge is 0.303 e. The number of anilines is 1. The summed E-state index contributed by atoms with van der Waals surface area (Å²) in [6.07, 6.45) is 1.31. The van der Waals surface area contributed by atoms with Crippen molar-refractivity contribution in [2.24, 2.45) is 0 Å². The van der Waals surface area contributed by atoms with Gasteiger partial charge in [0.1, 0.15) is 0 Å². The molecule has 0 atom stereocenters. The van der Waals surface area contributed by atoms with E-state index >= 15 is 0 Å². The van der Waals surface area contributed by atoms with Crippen LogP contribution < -0.4 is 5.73 Å². The lowest BCUT2D eigenvalue weighted by atomic mass is 10.1. The maximum absolute atomic E-state index is 10.3. The van der Waals surface area contributed by atoms with E-state index in [-0.39, 0.29) is 6.42 Å². The van der Waals surface area contributed by atoms with Crippen LogP contribution in [0.1, 0.15) is 18.4 Å². The number of carbonyl (C=O) groups is 1. The van der Waals surface area contributed by atoms with Gasteiger partial charge in [-0.1, -0.05) is 17.7 Å². The van der Waals surface area contributed by atoms with E-state index in [1.807, 2.05) is 0 Å². The molecule has 0 aliphatic carbocycles. The molecule has 3 N–H and O–H groups in total. The van der Waals surface area contributed by atoms with Crippen LogP contribution in [0.15, 0.2) is 18.2 Å². The minimum absolute atomic E-state index is 0.144. The summed E-state index contributed by atoms with van der Waals surface area (Å²) >= 11 is 5.92. The third-order valence-electron chi connectivity index (χ3n) is 1.97. The third-order valence-corrected chi connectivity index (χ3v) is 2.33. The second kappa shape index (κ2) is 4.86. The maximum Gasteiger partial charge on any atom is 0.303 e. The standard InChI is InChI=1S/C10H12ClNO2/c11-8-4-2-5-9(12)7(8)3-1-6-10(13)14/h2,4-5H,1,3,6,12H2,(H,13,14). The van der Waals surface area contributed by atoms with Crippen molar-refractivity contribution in [2.75, 3.05) is 5.73 Å². The van der Waals surface area contributed by atoms with Crippen LogP contribution in [0, 0.1) is 0 Å². The Bertz CT molecular complexity index is 319. The second-order valence-corrected chi connectivity index (χ2v) is 3.46. The minimum atomic E-state index is -0.796. The predicted molar refractivity (Wildman–Crippen MR) is 56.4 cm³/mol. The Balaban J connectivity index is 2.62. The molecule has 0 aliphatic rings. The number of aliphatic carboxylic acids is 1. The molecule has 1 aromatic rings. The van der Waals surface area contributed by atoms with E-state index in [0.717, 1.165) is 5.56 Å². The van der Waals surface area contributed by atoms with Crippen molar-refractivity contribution in [2.45, 2.75) is 19.3 Å². The molecule has 0 saturated carbocycles. The number of rotatable bonds is 4. The molecular weight excluding hydrogens is 202 g/mol. The number of nitrogens with two attached hydrogens (primary N) is 1. The normalized spacial score (nSPS) is 10.1. The summed E-state index contributed by atoms with van der Waals surface area (Å²) in [5.74, 6) is -0.796. The second-order valence-electron chi connectivity index (χ2n) is 3.05. The highest BCUT2D eigenvalue weighted by Gasteiger charge is 2.05. The Morgan fingerprint density at radius 1 is 1.50 bits per heavy atom. The van der Waals surface area contributed by atoms with E-state index < -0.39 is 5.97 Å². The van der Waals surface area contributed by atoms with Gasteiger partial charge in [0.05, 0.1) is 0 Å². The summed E-state index contributed by atoms with van der Waals surface area (Å²) in [6.45, 7) is 0. The van der Waals surface area contributed by atoms with Gasteiger partial charge in [0.25, 0.3) is 0 Å². The highest BCUT2D eigenvalue weighted by atomic mass is 35.5. The summed E-state index contributed by atoms with van der Waals surface area (Å²) in [6, 6.07) is 5.30. The van der Waals surface area contributed by atoms with E-state index in [0.29, 0.717) is 23.6 Å². The number of benzene rings is 1. The first-order chi connectivity index (χ1) is 6.61. The van der Waals surface area contributed by atoms with Gasteiger partial charge in [0.15, 0.2) is 0 Å². The summed E-state index contributed by atoms with van der Waals surface area (Å²) in [5, 5.41) is 9.07. The van der Waals surface area contributed by atoms with E-state index in [1.54, 1.807) is 18.2 Å². The zero-order valence-electron chi connectivity index (χ0n) is 7.66. The van der Waals surface area contributed by atoms with Crippen LogP contribution in [-0.2, 0) is 11.2 Å². The Morgan fingerprint density at radius 3 is 2.79 bits per heavy atom. The largest absolute Gasteiger partial charge is 0.481 e. The lowest BCUT2D eigenvalue weighted by Gasteiger charge is -2.06. The van der Waals surface area contributed by atoms with Crippen molar-refractivity contribution in [3.05, 3.63) is 28.8 Å². The van der Waals surface area contributed by atoms with Crippen LogP contribution in [0.2, 0.25) is 5.02 Å². The highest BCUT2D eigenvalue weighted by Crippen LogP contribution is 2.23. The number of halogens is 1. The first-order valence-corrected chi connectivity index (χ1v) is 4.73. The summed E-state index contributed by atoms with van der Waals surface area (Å²) < 4.78 is 0. The summed E-state index contributed by atoms with van der Waals surface area (Å²) in [5.41, 5.74) is 7.18. The molecule has 1 rings (SSSR count). The molecule has 0 heterocycles. The summed E-state index contributed by atoms with van der Waals surface area (Å²) in [4.78, 5) is 10.3. The number of carboxylic acid groups (broad SMARTS) is 1. The Morgan fingerprint density at radius 2 is 2.21 bits per heavy atom. The Kier molecular flexibility index (Phi) is 3.77. The number of carboxylic acids is 1. The molecular formula is C10H12ClNO2. The van der Waals surface area contributed by atoms with Gasteiger partial charge >= 0.3 is 5.97 Å². The molecule has 3 nitrogen and oxygen atoms in total. The molecule has 0 spiro atoms. The van der Waals surface area contributed by atoms with Gasteiger partial charge in [0.2, 0.25) is 0 Å². The molecule has 0 fully saturated rings. The number of nitrogen functional groups attached to an aromatic ring is 1. The van der Waals surface area contributed by atoms with Crippen molar-refractivity contribution >= 4 is 23.3 Å². The lowest BCUT2D eigenvalue weighted by molar-refractivity contribution is -0.137. The fourth-order valence-corrected chi connectivity index (χ4v) is 1.53. The van der Waals surface area contributed by atoms with Gasteiger partial charge in [-0.15, -0.1) is 0 Å². The molecule has 14 heavy (non-hydrogen) atoms. The Labute approximate surface area is 87.5 Å². The van der Waals surface area contributed by atoms with Crippen molar-refractivity contribution in [1.82, 2.24) is 0 Å². The van der Waals surface area contributed by atoms with Crippen LogP contribution in [0.25, 0.3) is 0 Å². The quantitative estimate of drug-likeness (QED) is 0.755. The maximum atomic E-state index is 10.3. The van der Waals surface area contributed by atoms with Crippen molar-refractivity contribution in [1.29, 1.82) is 0 Å². The summed E-state index contributed by atoms with van der Waals surface area (Å²) in [7, 11) is 0. The predicted octanol–water partition coefficient (Wildman–Crippen LogP) is 2.33. The minimum Gasteiger partial charge on any atom is -0.481 e. The monoisotopic (exact) mass is 213 g/mol. The van der Waals surface area contributed by atoms with Crippen LogP contribution in [0.5, 0.6) is 0 Å². The average Bonchev–Trinajstić information content (AvgIpc) is 2.09. The Hall–Kier alpha value is -1.22. The highest BCUT2D eigenvalue weighted by molar-refractivity contribution is 6.31. The number of hydrogen-bond acceptors (Lipinski definition) is 2. The van der Waals surface area contributed by atoms with Gasteiger partial charge < -0.3 is 10.8 Å². The molecule has 76 valence electrons. The van der Waals surface area contributed by atoms with E-state index in [2.05, 4.69) is 0 Å². The molecule has 0 aromatic heterocycles. The molecule has 0 radical (unpaired) electrons. The molecule has 0 unspecified atom stereocenters. The van der Waals surface area contributed by atoms with Gasteiger partial charge in [-0.05, 0) is 30.5 Å².